The maximum atomic E-state index is 12.2. The van der Waals surface area contributed by atoms with Gasteiger partial charge in [0.05, 0.1) is 19.3 Å². The summed E-state index contributed by atoms with van der Waals surface area (Å²) in [5.41, 5.74) is 0. The molecule has 1 amide bonds. The second-order valence-corrected chi connectivity index (χ2v) is 6.89. The van der Waals surface area contributed by atoms with Crippen molar-refractivity contribution in [3.8, 4) is 0 Å². The van der Waals surface area contributed by atoms with E-state index in [1.807, 2.05) is 29.2 Å². The van der Waals surface area contributed by atoms with Crippen molar-refractivity contribution in [1.29, 1.82) is 0 Å². The molecule has 1 N–H and O–H groups in total. The Labute approximate surface area is 158 Å². The Morgan fingerprint density at radius 1 is 1.35 bits per heavy atom. The van der Waals surface area contributed by atoms with Crippen LogP contribution in [0.4, 0.5) is 0 Å². The van der Waals surface area contributed by atoms with Crippen molar-refractivity contribution in [3.05, 3.63) is 24.3 Å². The van der Waals surface area contributed by atoms with Gasteiger partial charge in [0.2, 0.25) is 5.91 Å². The first-order chi connectivity index (χ1) is 12.6. The van der Waals surface area contributed by atoms with E-state index in [0.29, 0.717) is 19.4 Å². The number of hydrogen-bond donors (Lipinski definition) is 1. The lowest BCUT2D eigenvalue weighted by Crippen LogP contribution is -2.42. The third kappa shape index (κ3) is 9.18. The van der Waals surface area contributed by atoms with Crippen LogP contribution in [-0.4, -0.2) is 47.7 Å². The summed E-state index contributed by atoms with van der Waals surface area (Å²) >= 11 is 0. The lowest BCUT2D eigenvalue weighted by molar-refractivity contribution is -0.140. The largest absolute Gasteiger partial charge is 0.469 e. The summed E-state index contributed by atoms with van der Waals surface area (Å²) < 4.78 is 4.61. The van der Waals surface area contributed by atoms with Crippen LogP contribution in [0.5, 0.6) is 0 Å². The number of rotatable bonds is 12. The number of aliphatic hydroxyl groups is 1. The monoisotopic (exact) mass is 365 g/mol. The van der Waals surface area contributed by atoms with E-state index in [2.05, 4.69) is 11.7 Å². The molecule has 0 spiro atoms. The van der Waals surface area contributed by atoms with E-state index < -0.39 is 6.10 Å². The highest BCUT2D eigenvalue weighted by Gasteiger charge is 2.25. The average Bonchev–Trinajstić information content (AvgIpc) is 2.64. The van der Waals surface area contributed by atoms with Crippen LogP contribution in [0.25, 0.3) is 0 Å². The molecule has 0 aromatic carbocycles. The van der Waals surface area contributed by atoms with Gasteiger partial charge in [-0.2, -0.15) is 0 Å². The second kappa shape index (κ2) is 13.6. The minimum absolute atomic E-state index is 0.0665. The van der Waals surface area contributed by atoms with Gasteiger partial charge < -0.3 is 14.7 Å². The first-order valence-electron chi connectivity index (χ1n) is 9.96. The number of piperidine rings is 1. The highest BCUT2D eigenvalue weighted by atomic mass is 16.5. The molecule has 1 fully saturated rings. The normalized spacial score (nSPS) is 19.4. The molecule has 0 radical (unpaired) electrons. The van der Waals surface area contributed by atoms with Crippen LogP contribution in [0.2, 0.25) is 0 Å². The van der Waals surface area contributed by atoms with Crippen LogP contribution in [-0.2, 0) is 14.3 Å². The van der Waals surface area contributed by atoms with Crippen LogP contribution in [0.15, 0.2) is 24.3 Å². The predicted octanol–water partition coefficient (Wildman–Crippen LogP) is 3.76. The molecule has 1 aliphatic heterocycles. The summed E-state index contributed by atoms with van der Waals surface area (Å²) in [5.74, 6) is -0.0158. The molecule has 0 aromatic rings. The number of amides is 1. The average molecular weight is 366 g/mol. The van der Waals surface area contributed by atoms with E-state index in [1.165, 1.54) is 7.11 Å². The molecule has 1 unspecified atom stereocenters. The van der Waals surface area contributed by atoms with Gasteiger partial charge in [0.25, 0.3) is 0 Å². The Balaban J connectivity index is 2.43. The summed E-state index contributed by atoms with van der Waals surface area (Å²) in [7, 11) is 1.40. The molecule has 2 atom stereocenters. The molecule has 26 heavy (non-hydrogen) atoms. The molecule has 0 saturated carbocycles. The highest BCUT2D eigenvalue weighted by molar-refractivity contribution is 5.77. The van der Waals surface area contributed by atoms with E-state index in [-0.39, 0.29) is 17.9 Å². The van der Waals surface area contributed by atoms with E-state index in [4.69, 9.17) is 0 Å². The van der Waals surface area contributed by atoms with Crippen LogP contribution in [0, 0.1) is 0 Å². The number of hydrogen-bond acceptors (Lipinski definition) is 4. The number of carbonyl (C=O) groups excluding carboxylic acids is 2. The number of ether oxygens (including phenoxy) is 1. The van der Waals surface area contributed by atoms with Crippen LogP contribution in [0.1, 0.15) is 71.1 Å². The minimum Gasteiger partial charge on any atom is -0.469 e. The van der Waals surface area contributed by atoms with Gasteiger partial charge in [-0.1, -0.05) is 50.5 Å². The summed E-state index contributed by atoms with van der Waals surface area (Å²) in [4.78, 5) is 25.2. The van der Waals surface area contributed by atoms with Gasteiger partial charge in [0.1, 0.15) is 0 Å². The molecule has 5 nitrogen and oxygen atoms in total. The first-order valence-corrected chi connectivity index (χ1v) is 9.96. The molecule has 1 saturated heterocycles. The summed E-state index contributed by atoms with van der Waals surface area (Å²) in [5, 5.41) is 10.1. The lowest BCUT2D eigenvalue weighted by atomic mass is 10.00. The van der Waals surface area contributed by atoms with Crippen LogP contribution < -0.4 is 0 Å². The summed E-state index contributed by atoms with van der Waals surface area (Å²) in [6.07, 6.45) is 16.0. The number of aliphatic hydroxyl groups excluding tert-OH is 1. The molecule has 5 heteroatoms. The predicted molar refractivity (Wildman–Crippen MR) is 104 cm³/mol. The molecular weight excluding hydrogens is 330 g/mol. The third-order valence-corrected chi connectivity index (χ3v) is 4.72. The Morgan fingerprint density at radius 3 is 2.88 bits per heavy atom. The van der Waals surface area contributed by atoms with Crippen LogP contribution in [0.3, 0.4) is 0 Å². The van der Waals surface area contributed by atoms with Gasteiger partial charge in [-0.15, -0.1) is 0 Å². The molecule has 148 valence electrons. The Bertz CT molecular complexity index is 473. The molecule has 0 bridgehead atoms. The van der Waals surface area contributed by atoms with Gasteiger partial charge in [0.15, 0.2) is 0 Å². The van der Waals surface area contributed by atoms with Crippen molar-refractivity contribution in [1.82, 2.24) is 4.90 Å². The fourth-order valence-corrected chi connectivity index (χ4v) is 3.11. The zero-order valence-corrected chi connectivity index (χ0v) is 16.4. The third-order valence-electron chi connectivity index (χ3n) is 4.72. The molecule has 1 heterocycles. The SMILES string of the molecule is CCCCCC(O)/C=C/[C@H]1CCCC(=O)N1C/C=C/CCCC(=O)OC. The van der Waals surface area contributed by atoms with Gasteiger partial charge in [-0.05, 0) is 32.1 Å². The smallest absolute Gasteiger partial charge is 0.305 e. The van der Waals surface area contributed by atoms with Crippen molar-refractivity contribution in [2.24, 2.45) is 0 Å². The van der Waals surface area contributed by atoms with Crippen molar-refractivity contribution in [3.63, 3.8) is 0 Å². The molecule has 1 rings (SSSR count). The van der Waals surface area contributed by atoms with Gasteiger partial charge in [-0.25, -0.2) is 0 Å². The zero-order chi connectivity index (χ0) is 19.2. The van der Waals surface area contributed by atoms with Crippen molar-refractivity contribution in [2.45, 2.75) is 83.3 Å². The fraction of sp³-hybridized carbons (Fsp3) is 0.714. The van der Waals surface area contributed by atoms with Gasteiger partial charge >= 0.3 is 5.97 Å². The van der Waals surface area contributed by atoms with Gasteiger partial charge in [-0.3, -0.25) is 9.59 Å². The number of carbonyl (C=O) groups is 2. The van der Waals surface area contributed by atoms with E-state index in [9.17, 15) is 14.7 Å². The number of likely N-dealkylation sites (tertiary alicyclic amines) is 1. The van der Waals surface area contributed by atoms with Gasteiger partial charge in [0, 0.05) is 19.4 Å². The maximum absolute atomic E-state index is 12.2. The number of esters is 1. The fourth-order valence-electron chi connectivity index (χ4n) is 3.11. The molecule has 1 aliphatic rings. The second-order valence-electron chi connectivity index (χ2n) is 6.89. The number of nitrogens with zero attached hydrogens (tertiary/aromatic N) is 1. The molecule has 0 aliphatic carbocycles. The lowest BCUT2D eigenvalue weighted by Gasteiger charge is -2.33. The molecule has 0 aromatic heterocycles. The zero-order valence-electron chi connectivity index (χ0n) is 16.4. The summed E-state index contributed by atoms with van der Waals surface area (Å²) in [6, 6.07) is 0.0665. The topological polar surface area (TPSA) is 66.8 Å². The van der Waals surface area contributed by atoms with E-state index >= 15 is 0 Å². The van der Waals surface area contributed by atoms with Crippen molar-refractivity contribution >= 4 is 11.9 Å². The summed E-state index contributed by atoms with van der Waals surface area (Å²) in [6.45, 7) is 2.73. The van der Waals surface area contributed by atoms with E-state index in [1.54, 1.807) is 0 Å². The standard InChI is InChI=1S/C21H35NO4/c1-3-4-7-12-19(23)16-15-18-11-10-13-20(24)22(18)17-9-6-5-8-14-21(25)26-2/h6,9,15-16,18-19,23H,3-5,7-8,10-14,17H2,1-2H3/b9-6+,16-15+/t18-,19?/m1/s1. The Hall–Kier alpha value is -1.62. The minimum atomic E-state index is -0.422. The molecular formula is C21H35NO4. The number of allylic oxidation sites excluding steroid dienone is 1. The van der Waals surface area contributed by atoms with Crippen molar-refractivity contribution in [2.75, 3.05) is 13.7 Å². The van der Waals surface area contributed by atoms with E-state index in [0.717, 1.165) is 51.4 Å². The van der Waals surface area contributed by atoms with Crippen LogP contribution >= 0.6 is 0 Å². The number of methoxy groups -OCH3 is 1. The number of unbranched alkanes of at least 4 members (excludes halogenated alkanes) is 3. The maximum Gasteiger partial charge on any atom is 0.305 e. The quantitative estimate of drug-likeness (QED) is 0.325. The van der Waals surface area contributed by atoms with Crippen molar-refractivity contribution < 1.29 is 19.4 Å². The first kappa shape index (κ1) is 22.4. The highest BCUT2D eigenvalue weighted by Crippen LogP contribution is 2.20. The Kier molecular flexibility index (Phi) is 11.7. The Morgan fingerprint density at radius 2 is 2.15 bits per heavy atom.